The molecule has 0 aliphatic rings. The summed E-state index contributed by atoms with van der Waals surface area (Å²) in [7, 11) is -4.01. The van der Waals surface area contributed by atoms with Crippen molar-refractivity contribution in [3.8, 4) is 5.75 Å². The Hall–Kier alpha value is -3.32. The number of rotatable bonds is 8. The van der Waals surface area contributed by atoms with Crippen LogP contribution in [0.5, 0.6) is 5.75 Å². The zero-order chi connectivity index (χ0) is 22.4. The van der Waals surface area contributed by atoms with Gasteiger partial charge in [-0.3, -0.25) is 9.10 Å². The van der Waals surface area contributed by atoms with Crippen molar-refractivity contribution in [1.29, 1.82) is 0 Å². The average Bonchev–Trinajstić information content (AvgIpc) is 2.76. The van der Waals surface area contributed by atoms with Crippen LogP contribution in [-0.4, -0.2) is 27.5 Å². The van der Waals surface area contributed by atoms with Crippen molar-refractivity contribution in [1.82, 2.24) is 0 Å². The Morgan fingerprint density at radius 3 is 2.16 bits per heavy atom. The molecule has 0 atom stereocenters. The van der Waals surface area contributed by atoms with E-state index in [0.717, 1.165) is 15.4 Å². The third-order valence-electron chi connectivity index (χ3n) is 4.80. The van der Waals surface area contributed by atoms with E-state index >= 15 is 0 Å². The maximum Gasteiger partial charge on any atom is 0.264 e. The van der Waals surface area contributed by atoms with E-state index in [1.165, 1.54) is 12.1 Å². The van der Waals surface area contributed by atoms with Gasteiger partial charge in [0.2, 0.25) is 5.91 Å². The van der Waals surface area contributed by atoms with E-state index in [1.54, 1.807) is 42.5 Å². The molecule has 0 fully saturated rings. The molecule has 1 N–H and O–H groups in total. The maximum absolute atomic E-state index is 13.5. The standard InChI is InChI=1S/C24H26N2O4S/c1-4-30-22-16-9-8-15-21(22)26(31(28,29)20-13-6-5-7-14-20)17-23(27)25-24-18(2)11-10-12-19(24)3/h5-16H,4,17H2,1-3H3,(H,25,27). The molecule has 0 aliphatic heterocycles. The molecule has 3 aromatic carbocycles. The number of para-hydroxylation sites is 3. The molecule has 0 aromatic heterocycles. The van der Waals surface area contributed by atoms with Gasteiger partial charge in [-0.2, -0.15) is 0 Å². The SMILES string of the molecule is CCOc1ccccc1N(CC(=O)Nc1c(C)cccc1C)S(=O)(=O)c1ccccc1. The molecule has 0 saturated carbocycles. The number of benzene rings is 3. The molecular formula is C24H26N2O4S. The molecule has 31 heavy (non-hydrogen) atoms. The first-order chi connectivity index (χ1) is 14.8. The number of hydrogen-bond donors (Lipinski definition) is 1. The number of hydrogen-bond acceptors (Lipinski definition) is 4. The third-order valence-corrected chi connectivity index (χ3v) is 6.57. The van der Waals surface area contributed by atoms with E-state index in [2.05, 4.69) is 5.32 Å². The van der Waals surface area contributed by atoms with Gasteiger partial charge in [0.05, 0.1) is 17.2 Å². The van der Waals surface area contributed by atoms with Crippen LogP contribution < -0.4 is 14.4 Å². The second kappa shape index (κ2) is 9.66. The van der Waals surface area contributed by atoms with Gasteiger partial charge in [0.1, 0.15) is 12.3 Å². The van der Waals surface area contributed by atoms with Crippen molar-refractivity contribution in [3.63, 3.8) is 0 Å². The third kappa shape index (κ3) is 5.06. The second-order valence-electron chi connectivity index (χ2n) is 7.04. The van der Waals surface area contributed by atoms with Gasteiger partial charge in [0.25, 0.3) is 10.0 Å². The minimum atomic E-state index is -4.01. The summed E-state index contributed by atoms with van der Waals surface area (Å²) in [6, 6.07) is 20.6. The molecule has 3 rings (SSSR count). The lowest BCUT2D eigenvalue weighted by Crippen LogP contribution is -2.38. The molecule has 0 bridgehead atoms. The summed E-state index contributed by atoms with van der Waals surface area (Å²) < 4.78 is 33.7. The predicted octanol–water partition coefficient (Wildman–Crippen LogP) is 4.54. The second-order valence-corrected chi connectivity index (χ2v) is 8.90. The number of nitrogens with one attached hydrogen (secondary N) is 1. The highest BCUT2D eigenvalue weighted by Gasteiger charge is 2.29. The lowest BCUT2D eigenvalue weighted by atomic mass is 10.1. The van der Waals surface area contributed by atoms with Gasteiger partial charge in [-0.15, -0.1) is 0 Å². The van der Waals surface area contributed by atoms with Crippen LogP contribution in [0.3, 0.4) is 0 Å². The van der Waals surface area contributed by atoms with Crippen LogP contribution in [0.15, 0.2) is 77.7 Å². The zero-order valence-electron chi connectivity index (χ0n) is 17.8. The Labute approximate surface area is 183 Å². The first-order valence-electron chi connectivity index (χ1n) is 10.00. The van der Waals surface area contributed by atoms with Gasteiger partial charge in [0, 0.05) is 5.69 Å². The summed E-state index contributed by atoms with van der Waals surface area (Å²) in [5, 5.41) is 2.87. The zero-order valence-corrected chi connectivity index (χ0v) is 18.6. The normalized spacial score (nSPS) is 11.1. The van der Waals surface area contributed by atoms with Crippen LogP contribution >= 0.6 is 0 Å². The van der Waals surface area contributed by atoms with E-state index < -0.39 is 22.5 Å². The number of aryl methyl sites for hydroxylation is 2. The summed E-state index contributed by atoms with van der Waals surface area (Å²) in [5.41, 5.74) is 2.80. The number of nitrogens with zero attached hydrogens (tertiary/aromatic N) is 1. The molecule has 0 unspecified atom stereocenters. The fourth-order valence-corrected chi connectivity index (χ4v) is 4.73. The van der Waals surface area contributed by atoms with Gasteiger partial charge in [-0.05, 0) is 56.2 Å². The Balaban J connectivity index is 2.02. The Morgan fingerprint density at radius 1 is 0.903 bits per heavy atom. The van der Waals surface area contributed by atoms with Crippen LogP contribution in [0.4, 0.5) is 11.4 Å². The molecule has 0 spiro atoms. The van der Waals surface area contributed by atoms with Gasteiger partial charge in [-0.1, -0.05) is 48.5 Å². The lowest BCUT2D eigenvalue weighted by molar-refractivity contribution is -0.114. The van der Waals surface area contributed by atoms with E-state index in [-0.39, 0.29) is 4.90 Å². The molecule has 1 amide bonds. The molecule has 6 nitrogen and oxygen atoms in total. The van der Waals surface area contributed by atoms with Crippen molar-refractivity contribution < 1.29 is 17.9 Å². The highest BCUT2D eigenvalue weighted by Crippen LogP contribution is 2.32. The molecule has 7 heteroatoms. The highest BCUT2D eigenvalue weighted by atomic mass is 32.2. The Kier molecular flexibility index (Phi) is 6.97. The number of carbonyl (C=O) groups excluding carboxylic acids is 1. The van der Waals surface area contributed by atoms with Crippen molar-refractivity contribution >= 4 is 27.3 Å². The van der Waals surface area contributed by atoms with E-state index in [4.69, 9.17) is 4.74 Å². The van der Waals surface area contributed by atoms with Crippen LogP contribution in [-0.2, 0) is 14.8 Å². The topological polar surface area (TPSA) is 75.7 Å². The monoisotopic (exact) mass is 438 g/mol. The van der Waals surface area contributed by atoms with Gasteiger partial charge < -0.3 is 10.1 Å². The Morgan fingerprint density at radius 2 is 1.52 bits per heavy atom. The van der Waals surface area contributed by atoms with Gasteiger partial charge in [0.15, 0.2) is 0 Å². The predicted molar refractivity (Wildman–Crippen MR) is 123 cm³/mol. The minimum Gasteiger partial charge on any atom is -0.492 e. The van der Waals surface area contributed by atoms with Crippen molar-refractivity contribution in [3.05, 3.63) is 83.9 Å². The quantitative estimate of drug-likeness (QED) is 0.560. The Bertz CT molecular complexity index is 1140. The highest BCUT2D eigenvalue weighted by molar-refractivity contribution is 7.92. The van der Waals surface area contributed by atoms with Gasteiger partial charge in [-0.25, -0.2) is 8.42 Å². The number of ether oxygens (including phenoxy) is 1. The number of carbonyl (C=O) groups is 1. The number of anilines is 2. The molecule has 0 heterocycles. The van der Waals surface area contributed by atoms with Crippen molar-refractivity contribution in [2.24, 2.45) is 0 Å². The molecular weight excluding hydrogens is 412 g/mol. The van der Waals surface area contributed by atoms with Crippen LogP contribution in [0.1, 0.15) is 18.1 Å². The van der Waals surface area contributed by atoms with E-state index in [0.29, 0.717) is 23.7 Å². The van der Waals surface area contributed by atoms with Crippen molar-refractivity contribution in [2.75, 3.05) is 22.8 Å². The maximum atomic E-state index is 13.5. The van der Waals surface area contributed by atoms with E-state index in [1.807, 2.05) is 39.0 Å². The summed E-state index contributed by atoms with van der Waals surface area (Å²) in [6.45, 7) is 5.58. The van der Waals surface area contributed by atoms with Crippen LogP contribution in [0, 0.1) is 13.8 Å². The fourth-order valence-electron chi connectivity index (χ4n) is 3.28. The summed E-state index contributed by atoms with van der Waals surface area (Å²) in [4.78, 5) is 13.1. The van der Waals surface area contributed by atoms with Crippen LogP contribution in [0.2, 0.25) is 0 Å². The molecule has 3 aromatic rings. The molecule has 0 saturated heterocycles. The van der Waals surface area contributed by atoms with Crippen LogP contribution in [0.25, 0.3) is 0 Å². The largest absolute Gasteiger partial charge is 0.492 e. The van der Waals surface area contributed by atoms with E-state index in [9.17, 15) is 13.2 Å². The molecule has 0 aliphatic carbocycles. The first kappa shape index (κ1) is 22.4. The summed E-state index contributed by atoms with van der Waals surface area (Å²) in [6.07, 6.45) is 0. The van der Waals surface area contributed by atoms with Gasteiger partial charge >= 0.3 is 0 Å². The first-order valence-corrected chi connectivity index (χ1v) is 11.4. The smallest absolute Gasteiger partial charge is 0.264 e. The number of amides is 1. The summed E-state index contributed by atoms with van der Waals surface area (Å²) in [5.74, 6) is -0.0485. The fraction of sp³-hybridized carbons (Fsp3) is 0.208. The molecule has 0 radical (unpaired) electrons. The molecule has 162 valence electrons. The number of sulfonamides is 1. The lowest BCUT2D eigenvalue weighted by Gasteiger charge is -2.26. The average molecular weight is 439 g/mol. The van der Waals surface area contributed by atoms with Crippen molar-refractivity contribution in [2.45, 2.75) is 25.7 Å². The summed E-state index contributed by atoms with van der Waals surface area (Å²) >= 11 is 0. The minimum absolute atomic E-state index is 0.0983.